The summed E-state index contributed by atoms with van der Waals surface area (Å²) >= 11 is 0. The van der Waals surface area contributed by atoms with E-state index in [-0.39, 0.29) is 5.09 Å². The molecule has 0 saturated carbocycles. The minimum Gasteiger partial charge on any atom is -0.446 e. The third kappa shape index (κ3) is 4.34. The van der Waals surface area contributed by atoms with Gasteiger partial charge in [-0.1, -0.05) is 24.6 Å². The Morgan fingerprint density at radius 3 is 2.48 bits per heavy atom. The Morgan fingerprint density at radius 2 is 1.81 bits per heavy atom. The van der Waals surface area contributed by atoms with Gasteiger partial charge in [-0.25, -0.2) is 0 Å². The van der Waals surface area contributed by atoms with Crippen LogP contribution in [0, 0.1) is 6.92 Å². The number of hydrogen-bond acceptors (Lipinski definition) is 4. The minimum atomic E-state index is -3.68. The van der Waals surface area contributed by atoms with E-state index in [0.717, 1.165) is 18.5 Å². The molecule has 0 aliphatic carbocycles. The molecule has 0 fully saturated rings. The predicted octanol–water partition coefficient (Wildman–Crippen LogP) is 2.89. The lowest BCUT2D eigenvalue weighted by atomic mass is 10.2. The SMILES string of the molecule is CCCNCc1ccc(S(=O)(=O)Nc2ccc(C)cc2)o1. The highest BCUT2D eigenvalue weighted by molar-refractivity contribution is 7.92. The second kappa shape index (κ2) is 6.78. The fourth-order valence-corrected chi connectivity index (χ4v) is 2.82. The number of anilines is 1. The summed E-state index contributed by atoms with van der Waals surface area (Å²) in [5.41, 5.74) is 1.59. The predicted molar refractivity (Wildman–Crippen MR) is 82.7 cm³/mol. The van der Waals surface area contributed by atoms with Gasteiger partial charge in [0.2, 0.25) is 5.09 Å². The Bertz CT molecular complexity index is 675. The summed E-state index contributed by atoms with van der Waals surface area (Å²) in [5, 5.41) is 3.09. The molecule has 0 bridgehead atoms. The van der Waals surface area contributed by atoms with Gasteiger partial charge in [0, 0.05) is 5.69 Å². The van der Waals surface area contributed by atoms with Gasteiger partial charge in [0.05, 0.1) is 6.54 Å². The average Bonchev–Trinajstić information content (AvgIpc) is 2.91. The summed E-state index contributed by atoms with van der Waals surface area (Å²) in [6.07, 6.45) is 1.01. The molecule has 21 heavy (non-hydrogen) atoms. The van der Waals surface area contributed by atoms with E-state index in [1.165, 1.54) is 6.07 Å². The summed E-state index contributed by atoms with van der Waals surface area (Å²) in [5.74, 6) is 0.604. The second-order valence-electron chi connectivity index (χ2n) is 4.87. The van der Waals surface area contributed by atoms with E-state index in [9.17, 15) is 8.42 Å². The quantitative estimate of drug-likeness (QED) is 0.772. The van der Waals surface area contributed by atoms with Crippen molar-refractivity contribution in [2.24, 2.45) is 0 Å². The van der Waals surface area contributed by atoms with Crippen molar-refractivity contribution in [1.29, 1.82) is 0 Å². The summed E-state index contributed by atoms with van der Waals surface area (Å²) in [6, 6.07) is 10.3. The highest BCUT2D eigenvalue weighted by Gasteiger charge is 2.18. The third-order valence-electron chi connectivity index (χ3n) is 2.93. The van der Waals surface area contributed by atoms with Crippen molar-refractivity contribution in [2.45, 2.75) is 31.9 Å². The molecule has 5 nitrogen and oxygen atoms in total. The number of aryl methyl sites for hydroxylation is 1. The van der Waals surface area contributed by atoms with Gasteiger partial charge in [-0.2, -0.15) is 8.42 Å². The summed E-state index contributed by atoms with van der Waals surface area (Å²) in [7, 11) is -3.68. The van der Waals surface area contributed by atoms with Crippen LogP contribution >= 0.6 is 0 Å². The Balaban J connectivity index is 2.07. The van der Waals surface area contributed by atoms with Crippen LogP contribution in [0.15, 0.2) is 45.9 Å². The fraction of sp³-hybridized carbons (Fsp3) is 0.333. The van der Waals surface area contributed by atoms with Crippen LogP contribution in [0.25, 0.3) is 0 Å². The van der Waals surface area contributed by atoms with Gasteiger partial charge in [0.1, 0.15) is 5.76 Å². The van der Waals surface area contributed by atoms with Crippen LogP contribution in [0.3, 0.4) is 0 Å². The van der Waals surface area contributed by atoms with E-state index in [0.29, 0.717) is 18.0 Å². The molecule has 0 amide bonds. The normalized spacial score (nSPS) is 11.5. The Kier molecular flexibility index (Phi) is 5.03. The molecule has 1 heterocycles. The zero-order valence-corrected chi connectivity index (χ0v) is 13.0. The molecule has 114 valence electrons. The lowest BCUT2D eigenvalue weighted by Gasteiger charge is -2.06. The number of rotatable bonds is 7. The molecule has 0 aliphatic rings. The first-order valence-corrected chi connectivity index (χ1v) is 8.38. The molecule has 2 N–H and O–H groups in total. The first-order chi connectivity index (χ1) is 10.0. The standard InChI is InChI=1S/C15H20N2O3S/c1-3-10-16-11-14-8-9-15(20-14)21(18,19)17-13-6-4-12(2)5-7-13/h4-9,16-17H,3,10-11H2,1-2H3. The topological polar surface area (TPSA) is 71.3 Å². The monoisotopic (exact) mass is 308 g/mol. The summed E-state index contributed by atoms with van der Waals surface area (Å²) in [4.78, 5) is 0. The first kappa shape index (κ1) is 15.6. The first-order valence-electron chi connectivity index (χ1n) is 6.90. The highest BCUT2D eigenvalue weighted by Crippen LogP contribution is 2.18. The zero-order chi connectivity index (χ0) is 15.3. The van der Waals surface area contributed by atoms with E-state index in [1.54, 1.807) is 18.2 Å². The van der Waals surface area contributed by atoms with Crippen LogP contribution < -0.4 is 10.0 Å². The van der Waals surface area contributed by atoms with Gasteiger partial charge in [0.25, 0.3) is 10.0 Å². The van der Waals surface area contributed by atoms with Gasteiger partial charge < -0.3 is 9.73 Å². The van der Waals surface area contributed by atoms with Crippen LogP contribution in [-0.2, 0) is 16.6 Å². The van der Waals surface area contributed by atoms with E-state index in [1.807, 2.05) is 19.1 Å². The maximum Gasteiger partial charge on any atom is 0.295 e. The Hall–Kier alpha value is -1.79. The number of furan rings is 1. The van der Waals surface area contributed by atoms with Crippen molar-refractivity contribution < 1.29 is 12.8 Å². The molecule has 2 rings (SSSR count). The van der Waals surface area contributed by atoms with Crippen molar-refractivity contribution in [3.63, 3.8) is 0 Å². The second-order valence-corrected chi connectivity index (χ2v) is 6.48. The molecule has 0 saturated heterocycles. The summed E-state index contributed by atoms with van der Waals surface area (Å²) in [6.45, 7) is 5.40. The molecule has 0 spiro atoms. The highest BCUT2D eigenvalue weighted by atomic mass is 32.2. The zero-order valence-electron chi connectivity index (χ0n) is 12.2. The van der Waals surface area contributed by atoms with Crippen LogP contribution in [0.5, 0.6) is 0 Å². The molecule has 0 radical (unpaired) electrons. The van der Waals surface area contributed by atoms with Crippen molar-refractivity contribution in [1.82, 2.24) is 5.32 Å². The maximum atomic E-state index is 12.2. The van der Waals surface area contributed by atoms with Gasteiger partial charge >= 0.3 is 0 Å². The smallest absolute Gasteiger partial charge is 0.295 e. The molecule has 1 aromatic carbocycles. The number of hydrogen-bond donors (Lipinski definition) is 2. The average molecular weight is 308 g/mol. The lowest BCUT2D eigenvalue weighted by molar-refractivity contribution is 0.403. The molecule has 2 aromatic rings. The molecule has 6 heteroatoms. The van der Waals surface area contributed by atoms with Gasteiger partial charge in [0.15, 0.2) is 0 Å². The van der Waals surface area contributed by atoms with Crippen molar-refractivity contribution in [3.05, 3.63) is 47.7 Å². The van der Waals surface area contributed by atoms with E-state index >= 15 is 0 Å². The maximum absolute atomic E-state index is 12.2. The van der Waals surface area contributed by atoms with E-state index in [2.05, 4.69) is 17.0 Å². The van der Waals surface area contributed by atoms with Gasteiger partial charge in [-0.3, -0.25) is 4.72 Å². The van der Waals surface area contributed by atoms with Crippen LogP contribution in [0.2, 0.25) is 0 Å². The lowest BCUT2D eigenvalue weighted by Crippen LogP contribution is -2.14. The Morgan fingerprint density at radius 1 is 1.10 bits per heavy atom. The third-order valence-corrected chi connectivity index (χ3v) is 4.19. The molecule has 0 unspecified atom stereocenters. The molecule has 1 aromatic heterocycles. The van der Waals surface area contributed by atoms with E-state index in [4.69, 9.17) is 4.42 Å². The van der Waals surface area contributed by atoms with Crippen LogP contribution in [0.4, 0.5) is 5.69 Å². The van der Waals surface area contributed by atoms with Crippen LogP contribution in [0.1, 0.15) is 24.7 Å². The fourth-order valence-electron chi connectivity index (χ4n) is 1.81. The largest absolute Gasteiger partial charge is 0.446 e. The number of sulfonamides is 1. The minimum absolute atomic E-state index is 0.0728. The van der Waals surface area contributed by atoms with E-state index < -0.39 is 10.0 Å². The number of nitrogens with one attached hydrogen (secondary N) is 2. The van der Waals surface area contributed by atoms with Crippen molar-refractivity contribution >= 4 is 15.7 Å². The Labute approximate surface area is 125 Å². The molecule has 0 aliphatic heterocycles. The van der Waals surface area contributed by atoms with Crippen molar-refractivity contribution in [2.75, 3.05) is 11.3 Å². The van der Waals surface area contributed by atoms with Gasteiger partial charge in [-0.05, 0) is 44.2 Å². The van der Waals surface area contributed by atoms with Crippen LogP contribution in [-0.4, -0.2) is 15.0 Å². The number of benzene rings is 1. The summed E-state index contributed by atoms with van der Waals surface area (Å²) < 4.78 is 32.3. The van der Waals surface area contributed by atoms with Crippen molar-refractivity contribution in [3.8, 4) is 0 Å². The molecular formula is C15H20N2O3S. The molecule has 0 atom stereocenters. The van der Waals surface area contributed by atoms with Gasteiger partial charge in [-0.15, -0.1) is 0 Å². The molecular weight excluding hydrogens is 288 g/mol.